The van der Waals surface area contributed by atoms with Crippen molar-refractivity contribution >= 4 is 12.0 Å². The summed E-state index contributed by atoms with van der Waals surface area (Å²) in [5.74, 6) is -0.983. The molecular formula is C16H11NO2. The Morgan fingerprint density at radius 1 is 1.16 bits per heavy atom. The fourth-order valence-corrected chi connectivity index (χ4v) is 1.81. The molecular weight excluding hydrogens is 238 g/mol. The van der Waals surface area contributed by atoms with E-state index >= 15 is 0 Å². The van der Waals surface area contributed by atoms with Crippen LogP contribution >= 0.6 is 0 Å². The molecule has 0 saturated carbocycles. The third-order valence-electron chi connectivity index (χ3n) is 2.66. The van der Waals surface area contributed by atoms with Gasteiger partial charge in [0.15, 0.2) is 0 Å². The summed E-state index contributed by atoms with van der Waals surface area (Å²) in [6.45, 7) is 0. The number of nitrogens with zero attached hydrogens (tertiary/aromatic N) is 1. The normalized spacial score (nSPS) is 10.3. The SMILES string of the molecule is N#Cc1ccccc1-c1cccc(C=CC(=O)O)c1. The molecule has 19 heavy (non-hydrogen) atoms. The van der Waals surface area contributed by atoms with Crippen LogP contribution in [0, 0.1) is 11.3 Å². The van der Waals surface area contributed by atoms with Crippen LogP contribution in [0.2, 0.25) is 0 Å². The number of hydrogen-bond donors (Lipinski definition) is 1. The molecule has 0 saturated heterocycles. The summed E-state index contributed by atoms with van der Waals surface area (Å²) in [5.41, 5.74) is 3.12. The van der Waals surface area contributed by atoms with Crippen LogP contribution in [0.1, 0.15) is 11.1 Å². The van der Waals surface area contributed by atoms with Crippen LogP contribution in [-0.2, 0) is 4.79 Å². The molecule has 3 heteroatoms. The van der Waals surface area contributed by atoms with E-state index in [-0.39, 0.29) is 0 Å². The Hall–Kier alpha value is -2.86. The second-order valence-electron chi connectivity index (χ2n) is 3.95. The zero-order valence-electron chi connectivity index (χ0n) is 10.1. The highest BCUT2D eigenvalue weighted by Crippen LogP contribution is 2.24. The van der Waals surface area contributed by atoms with Gasteiger partial charge >= 0.3 is 5.97 Å². The predicted molar refractivity (Wildman–Crippen MR) is 73.3 cm³/mol. The Morgan fingerprint density at radius 2 is 1.95 bits per heavy atom. The summed E-state index contributed by atoms with van der Waals surface area (Å²) >= 11 is 0. The number of carboxylic acids is 1. The number of benzene rings is 2. The summed E-state index contributed by atoms with van der Waals surface area (Å²) in [5, 5.41) is 17.7. The molecule has 1 N–H and O–H groups in total. The van der Waals surface area contributed by atoms with E-state index in [1.54, 1.807) is 6.07 Å². The number of aliphatic carboxylic acids is 1. The van der Waals surface area contributed by atoms with Gasteiger partial charge in [-0.05, 0) is 34.9 Å². The second kappa shape index (κ2) is 5.65. The van der Waals surface area contributed by atoms with Crippen LogP contribution in [0.4, 0.5) is 0 Å². The first-order valence-corrected chi connectivity index (χ1v) is 5.71. The van der Waals surface area contributed by atoms with E-state index in [1.165, 1.54) is 6.08 Å². The van der Waals surface area contributed by atoms with Crippen molar-refractivity contribution in [2.75, 3.05) is 0 Å². The zero-order valence-corrected chi connectivity index (χ0v) is 10.1. The minimum absolute atomic E-state index is 0.599. The molecule has 0 atom stereocenters. The van der Waals surface area contributed by atoms with Gasteiger partial charge in [0.05, 0.1) is 11.6 Å². The van der Waals surface area contributed by atoms with Crippen molar-refractivity contribution in [1.82, 2.24) is 0 Å². The molecule has 0 amide bonds. The smallest absolute Gasteiger partial charge is 0.328 e. The molecule has 0 aliphatic carbocycles. The molecule has 0 fully saturated rings. The number of carbonyl (C=O) groups is 1. The Kier molecular flexibility index (Phi) is 3.75. The lowest BCUT2D eigenvalue weighted by molar-refractivity contribution is -0.131. The van der Waals surface area contributed by atoms with Crippen LogP contribution in [0.25, 0.3) is 17.2 Å². The number of hydrogen-bond acceptors (Lipinski definition) is 2. The van der Waals surface area contributed by atoms with Gasteiger partial charge in [-0.2, -0.15) is 5.26 Å². The van der Waals surface area contributed by atoms with Gasteiger partial charge in [0.25, 0.3) is 0 Å². The van der Waals surface area contributed by atoms with E-state index in [2.05, 4.69) is 6.07 Å². The van der Waals surface area contributed by atoms with Crippen molar-refractivity contribution in [1.29, 1.82) is 5.26 Å². The number of carboxylic acid groups (broad SMARTS) is 1. The van der Waals surface area contributed by atoms with E-state index < -0.39 is 5.97 Å². The molecule has 0 radical (unpaired) electrons. The van der Waals surface area contributed by atoms with Gasteiger partial charge in [-0.1, -0.05) is 36.4 Å². The first kappa shape index (κ1) is 12.6. The first-order valence-electron chi connectivity index (χ1n) is 5.71. The topological polar surface area (TPSA) is 61.1 Å². The minimum Gasteiger partial charge on any atom is -0.478 e. The van der Waals surface area contributed by atoms with E-state index in [1.807, 2.05) is 42.5 Å². The molecule has 0 aromatic heterocycles. The highest BCUT2D eigenvalue weighted by molar-refractivity contribution is 5.85. The highest BCUT2D eigenvalue weighted by atomic mass is 16.4. The van der Waals surface area contributed by atoms with E-state index in [4.69, 9.17) is 10.4 Å². The molecule has 0 spiro atoms. The maximum Gasteiger partial charge on any atom is 0.328 e. The Morgan fingerprint density at radius 3 is 2.68 bits per heavy atom. The minimum atomic E-state index is -0.983. The molecule has 2 rings (SSSR count). The quantitative estimate of drug-likeness (QED) is 0.849. The Bertz CT molecular complexity index is 681. The molecule has 0 aliphatic heterocycles. The van der Waals surface area contributed by atoms with Crippen LogP contribution in [-0.4, -0.2) is 11.1 Å². The average molecular weight is 249 g/mol. The third-order valence-corrected chi connectivity index (χ3v) is 2.66. The van der Waals surface area contributed by atoms with Gasteiger partial charge in [-0.15, -0.1) is 0 Å². The van der Waals surface area contributed by atoms with Crippen LogP contribution in [0.15, 0.2) is 54.6 Å². The van der Waals surface area contributed by atoms with E-state index in [9.17, 15) is 4.79 Å². The van der Waals surface area contributed by atoms with Gasteiger partial charge in [0.1, 0.15) is 0 Å². The van der Waals surface area contributed by atoms with E-state index in [0.29, 0.717) is 5.56 Å². The summed E-state index contributed by atoms with van der Waals surface area (Å²) in [4.78, 5) is 10.5. The summed E-state index contributed by atoms with van der Waals surface area (Å²) < 4.78 is 0. The van der Waals surface area contributed by atoms with Crippen LogP contribution in [0.3, 0.4) is 0 Å². The summed E-state index contributed by atoms with van der Waals surface area (Å²) in [7, 11) is 0. The number of rotatable bonds is 3. The van der Waals surface area contributed by atoms with Gasteiger partial charge in [-0.3, -0.25) is 0 Å². The maximum atomic E-state index is 10.5. The van der Waals surface area contributed by atoms with Crippen LogP contribution < -0.4 is 0 Å². The summed E-state index contributed by atoms with van der Waals surface area (Å²) in [6, 6.07) is 16.9. The molecule has 0 heterocycles. The monoisotopic (exact) mass is 249 g/mol. The van der Waals surface area contributed by atoms with E-state index in [0.717, 1.165) is 22.8 Å². The van der Waals surface area contributed by atoms with Gasteiger partial charge in [0, 0.05) is 6.08 Å². The van der Waals surface area contributed by atoms with Gasteiger partial charge in [-0.25, -0.2) is 4.79 Å². The molecule has 0 bridgehead atoms. The highest BCUT2D eigenvalue weighted by Gasteiger charge is 2.03. The van der Waals surface area contributed by atoms with Crippen molar-refractivity contribution in [2.24, 2.45) is 0 Å². The first-order chi connectivity index (χ1) is 9.20. The molecule has 0 aliphatic rings. The second-order valence-corrected chi connectivity index (χ2v) is 3.95. The van der Waals surface area contributed by atoms with Gasteiger partial charge < -0.3 is 5.11 Å². The fourth-order valence-electron chi connectivity index (χ4n) is 1.81. The van der Waals surface area contributed by atoms with Gasteiger partial charge in [0.2, 0.25) is 0 Å². The lowest BCUT2D eigenvalue weighted by Crippen LogP contribution is -1.87. The molecule has 2 aromatic carbocycles. The zero-order chi connectivity index (χ0) is 13.7. The Labute approximate surface area is 111 Å². The molecule has 92 valence electrons. The fraction of sp³-hybridized carbons (Fsp3) is 0. The predicted octanol–water partition coefficient (Wildman–Crippen LogP) is 3.32. The lowest BCUT2D eigenvalue weighted by atomic mass is 9.98. The standard InChI is InChI=1S/C16H11NO2/c17-11-14-5-1-2-7-15(14)13-6-3-4-12(10-13)8-9-16(18)19/h1-10H,(H,18,19). The Balaban J connectivity index is 2.44. The largest absolute Gasteiger partial charge is 0.478 e. The molecule has 3 nitrogen and oxygen atoms in total. The molecule has 0 unspecified atom stereocenters. The van der Waals surface area contributed by atoms with Crippen molar-refractivity contribution < 1.29 is 9.90 Å². The summed E-state index contributed by atoms with van der Waals surface area (Å²) in [6.07, 6.45) is 2.62. The van der Waals surface area contributed by atoms with Crippen LogP contribution in [0.5, 0.6) is 0 Å². The van der Waals surface area contributed by atoms with Crippen molar-refractivity contribution in [3.8, 4) is 17.2 Å². The molecule has 2 aromatic rings. The van der Waals surface area contributed by atoms with Crippen molar-refractivity contribution in [2.45, 2.75) is 0 Å². The van der Waals surface area contributed by atoms with Crippen molar-refractivity contribution in [3.05, 3.63) is 65.7 Å². The third kappa shape index (κ3) is 3.08. The lowest BCUT2D eigenvalue weighted by Gasteiger charge is -2.04. The maximum absolute atomic E-state index is 10.5. The van der Waals surface area contributed by atoms with Crippen molar-refractivity contribution in [3.63, 3.8) is 0 Å². The average Bonchev–Trinajstić information content (AvgIpc) is 2.45. The number of nitriles is 1.